The number of rotatable bonds is 4. The van der Waals surface area contributed by atoms with Crippen molar-refractivity contribution < 1.29 is 19.0 Å². The van der Waals surface area contributed by atoms with Gasteiger partial charge in [0.05, 0.1) is 0 Å². The van der Waals surface area contributed by atoms with Crippen molar-refractivity contribution >= 4 is 5.91 Å². The van der Waals surface area contributed by atoms with Crippen LogP contribution in [0.5, 0.6) is 0 Å². The monoisotopic (exact) mass is 279 g/mol. The van der Waals surface area contributed by atoms with Gasteiger partial charge in [0, 0.05) is 24.8 Å². The van der Waals surface area contributed by atoms with Gasteiger partial charge in [-0.3, -0.25) is 4.79 Å². The molecule has 0 saturated carbocycles. The lowest BCUT2D eigenvalue weighted by molar-refractivity contribution is -0.139. The van der Waals surface area contributed by atoms with Crippen LogP contribution < -0.4 is 5.32 Å². The van der Waals surface area contributed by atoms with Crippen LogP contribution in [0.2, 0.25) is 0 Å². The minimum absolute atomic E-state index is 0.0477. The van der Waals surface area contributed by atoms with E-state index in [1.807, 2.05) is 0 Å². The highest BCUT2D eigenvalue weighted by Crippen LogP contribution is 2.12. The van der Waals surface area contributed by atoms with Gasteiger partial charge in [-0.1, -0.05) is 11.8 Å². The van der Waals surface area contributed by atoms with Crippen molar-refractivity contribution in [3.05, 3.63) is 35.1 Å². The zero-order chi connectivity index (χ0) is 15.2. The molecule has 108 valence electrons. The van der Waals surface area contributed by atoms with E-state index in [9.17, 15) is 9.18 Å². The highest BCUT2D eigenvalue weighted by atomic mass is 19.1. The van der Waals surface area contributed by atoms with E-state index in [1.54, 1.807) is 13.8 Å². The Morgan fingerprint density at radius 1 is 1.50 bits per heavy atom. The normalized spacial score (nSPS) is 10.7. The van der Waals surface area contributed by atoms with Crippen LogP contribution in [0.3, 0.4) is 0 Å². The molecular formula is C15H18FNO3. The molecule has 0 aliphatic carbocycles. The Labute approximate surface area is 117 Å². The third-order valence-corrected chi connectivity index (χ3v) is 2.85. The lowest BCUT2D eigenvalue weighted by Crippen LogP contribution is -2.43. The van der Waals surface area contributed by atoms with Crippen LogP contribution in [0.1, 0.15) is 25.0 Å². The smallest absolute Gasteiger partial charge is 0.251 e. The molecule has 0 radical (unpaired) electrons. The number of halogens is 1. The second-order valence-electron chi connectivity index (χ2n) is 4.66. The van der Waals surface area contributed by atoms with Crippen molar-refractivity contribution in [2.45, 2.75) is 26.0 Å². The van der Waals surface area contributed by atoms with Gasteiger partial charge in [0.2, 0.25) is 0 Å². The largest absolute Gasteiger partial charge is 0.384 e. The van der Waals surface area contributed by atoms with Gasteiger partial charge in [-0.25, -0.2) is 4.39 Å². The maximum absolute atomic E-state index is 13.6. The molecule has 4 nitrogen and oxygen atoms in total. The first-order valence-corrected chi connectivity index (χ1v) is 6.12. The summed E-state index contributed by atoms with van der Waals surface area (Å²) in [6, 6.07) is 4.34. The number of aliphatic hydroxyl groups is 1. The number of hydrogen-bond donors (Lipinski definition) is 2. The lowest BCUT2D eigenvalue weighted by Gasteiger charge is -2.21. The Morgan fingerprint density at radius 3 is 2.80 bits per heavy atom. The van der Waals surface area contributed by atoms with Crippen LogP contribution in [-0.4, -0.2) is 30.3 Å². The van der Waals surface area contributed by atoms with Crippen molar-refractivity contribution in [2.75, 3.05) is 13.7 Å². The number of ether oxygens (including phenoxy) is 1. The summed E-state index contributed by atoms with van der Waals surface area (Å²) < 4.78 is 18.7. The van der Waals surface area contributed by atoms with Gasteiger partial charge in [-0.05, 0) is 32.0 Å². The fourth-order valence-corrected chi connectivity index (χ4v) is 1.41. The van der Waals surface area contributed by atoms with Gasteiger partial charge >= 0.3 is 0 Å². The maximum Gasteiger partial charge on any atom is 0.251 e. The van der Waals surface area contributed by atoms with Crippen LogP contribution in [0.4, 0.5) is 4.39 Å². The number of benzene rings is 1. The third-order valence-electron chi connectivity index (χ3n) is 2.85. The average molecular weight is 279 g/mol. The van der Waals surface area contributed by atoms with Gasteiger partial charge in [0.15, 0.2) is 0 Å². The van der Waals surface area contributed by atoms with E-state index < -0.39 is 11.4 Å². The summed E-state index contributed by atoms with van der Waals surface area (Å²) in [7, 11) is 1.44. The number of amides is 1. The molecule has 0 aliphatic heterocycles. The minimum atomic E-state index is -0.967. The molecule has 0 bridgehead atoms. The first kappa shape index (κ1) is 16.2. The van der Waals surface area contributed by atoms with E-state index in [0.717, 1.165) is 0 Å². The summed E-state index contributed by atoms with van der Waals surface area (Å²) >= 11 is 0. The Hall–Kier alpha value is -1.90. The summed E-state index contributed by atoms with van der Waals surface area (Å²) in [5, 5.41) is 11.2. The summed E-state index contributed by atoms with van der Waals surface area (Å²) in [6.45, 7) is 3.04. The topological polar surface area (TPSA) is 58.6 Å². The molecule has 20 heavy (non-hydrogen) atoms. The predicted octanol–water partition coefficient (Wildman–Crippen LogP) is 1.21. The van der Waals surface area contributed by atoms with Crippen LogP contribution in [-0.2, 0) is 16.1 Å². The molecule has 0 saturated heterocycles. The molecule has 1 aromatic rings. The quantitative estimate of drug-likeness (QED) is 0.815. The molecule has 0 fully saturated rings. The van der Waals surface area contributed by atoms with Crippen LogP contribution in [0.25, 0.3) is 0 Å². The number of methoxy groups -OCH3 is 1. The average Bonchev–Trinajstić information content (AvgIpc) is 2.44. The van der Waals surface area contributed by atoms with E-state index in [-0.39, 0.29) is 19.1 Å². The second-order valence-corrected chi connectivity index (χ2v) is 4.66. The Balaban J connectivity index is 2.80. The first-order chi connectivity index (χ1) is 9.40. The van der Waals surface area contributed by atoms with E-state index in [0.29, 0.717) is 11.1 Å². The summed E-state index contributed by atoms with van der Waals surface area (Å²) in [5.41, 5.74) is -0.0594. The van der Waals surface area contributed by atoms with Crippen LogP contribution in [0, 0.1) is 17.7 Å². The van der Waals surface area contributed by atoms with E-state index in [2.05, 4.69) is 17.2 Å². The minimum Gasteiger partial charge on any atom is -0.384 e. The van der Waals surface area contributed by atoms with Gasteiger partial charge < -0.3 is 15.2 Å². The van der Waals surface area contributed by atoms with Gasteiger partial charge in [-0.2, -0.15) is 0 Å². The molecule has 0 aliphatic rings. The van der Waals surface area contributed by atoms with Gasteiger partial charge in [0.1, 0.15) is 18.0 Å². The molecule has 0 spiro atoms. The first-order valence-electron chi connectivity index (χ1n) is 6.12. The Bertz CT molecular complexity index is 544. The van der Waals surface area contributed by atoms with E-state index in [1.165, 1.54) is 25.3 Å². The summed E-state index contributed by atoms with van der Waals surface area (Å²) in [6.07, 6.45) is 0. The number of nitrogens with one attached hydrogen (secondary N) is 1. The molecule has 1 aromatic carbocycles. The summed E-state index contributed by atoms with van der Waals surface area (Å²) in [4.78, 5) is 11.8. The molecule has 5 heteroatoms. The van der Waals surface area contributed by atoms with Crippen molar-refractivity contribution in [2.24, 2.45) is 0 Å². The fourth-order valence-electron chi connectivity index (χ4n) is 1.41. The number of carbonyl (C=O) groups excluding carboxylic acids is 1. The lowest BCUT2D eigenvalue weighted by atomic mass is 10.1. The van der Waals surface area contributed by atoms with Crippen LogP contribution >= 0.6 is 0 Å². The maximum atomic E-state index is 13.6. The molecule has 1 amide bonds. The van der Waals surface area contributed by atoms with Crippen LogP contribution in [0.15, 0.2) is 18.2 Å². The SMILES string of the molecule is COC(C)(C)C(=O)NCc1cc(C#CCO)ccc1F. The van der Waals surface area contributed by atoms with Gasteiger partial charge in [0.25, 0.3) is 5.91 Å². The van der Waals surface area contributed by atoms with Crippen molar-refractivity contribution in [1.29, 1.82) is 0 Å². The Kier molecular flexibility index (Phi) is 5.68. The van der Waals surface area contributed by atoms with Crippen molar-refractivity contribution in [3.8, 4) is 11.8 Å². The number of hydrogen-bond acceptors (Lipinski definition) is 3. The van der Waals surface area contributed by atoms with E-state index in [4.69, 9.17) is 9.84 Å². The highest BCUT2D eigenvalue weighted by molar-refractivity contribution is 5.84. The second kappa shape index (κ2) is 7.04. The zero-order valence-corrected chi connectivity index (χ0v) is 11.8. The Morgan fingerprint density at radius 2 is 2.20 bits per heavy atom. The standard InChI is InChI=1S/C15H18FNO3/c1-15(2,20-3)14(19)17-10-12-9-11(5-4-8-18)6-7-13(12)16/h6-7,9,18H,8,10H2,1-3H3,(H,17,19). The molecule has 0 unspecified atom stereocenters. The molecule has 2 N–H and O–H groups in total. The molecular weight excluding hydrogens is 261 g/mol. The molecule has 0 atom stereocenters. The van der Waals surface area contributed by atoms with Gasteiger partial charge in [-0.15, -0.1) is 0 Å². The zero-order valence-electron chi connectivity index (χ0n) is 11.8. The van der Waals surface area contributed by atoms with Crippen molar-refractivity contribution in [3.63, 3.8) is 0 Å². The highest BCUT2D eigenvalue weighted by Gasteiger charge is 2.26. The van der Waals surface area contributed by atoms with Crippen molar-refractivity contribution in [1.82, 2.24) is 5.32 Å². The fraction of sp³-hybridized carbons (Fsp3) is 0.400. The summed E-state index contributed by atoms with van der Waals surface area (Å²) in [5.74, 6) is 4.42. The number of carbonyl (C=O) groups is 1. The third kappa shape index (κ3) is 4.34. The number of aliphatic hydroxyl groups excluding tert-OH is 1. The molecule has 0 heterocycles. The molecule has 1 rings (SSSR count). The van der Waals surface area contributed by atoms with E-state index >= 15 is 0 Å². The molecule has 0 aromatic heterocycles. The predicted molar refractivity (Wildman–Crippen MR) is 73.3 cm³/mol.